The summed E-state index contributed by atoms with van der Waals surface area (Å²) in [5, 5.41) is 4.48. The Morgan fingerprint density at radius 1 is 1.30 bits per heavy atom. The molecule has 1 heterocycles. The maximum atomic E-state index is 6.44. The van der Waals surface area contributed by atoms with Crippen molar-refractivity contribution in [3.05, 3.63) is 27.8 Å². The van der Waals surface area contributed by atoms with Crippen LogP contribution in [0.3, 0.4) is 0 Å². The second-order valence-electron chi connectivity index (χ2n) is 5.85. The number of aryl methyl sites for hydroxylation is 1. The standard InChI is InChI=1S/C17H26ClNO/c1-6-17(7-2)10-13(19-8-3)15-12(5)16(18)11(4)9-14(15)20-17/h9,13,19H,6-8,10H2,1-5H3. The molecule has 0 saturated heterocycles. The molecule has 0 spiro atoms. The van der Waals surface area contributed by atoms with Gasteiger partial charge in [0.1, 0.15) is 11.4 Å². The zero-order chi connectivity index (χ0) is 14.9. The van der Waals surface area contributed by atoms with Crippen LogP contribution in [0.5, 0.6) is 5.75 Å². The van der Waals surface area contributed by atoms with Crippen LogP contribution < -0.4 is 10.1 Å². The molecule has 0 aromatic heterocycles. The third-order valence-corrected chi connectivity index (χ3v) is 5.26. The minimum absolute atomic E-state index is 0.0491. The fourth-order valence-electron chi connectivity index (χ4n) is 3.31. The molecule has 20 heavy (non-hydrogen) atoms. The first-order valence-corrected chi connectivity index (χ1v) is 8.07. The highest BCUT2D eigenvalue weighted by Crippen LogP contribution is 2.46. The van der Waals surface area contributed by atoms with Gasteiger partial charge in [0.25, 0.3) is 0 Å². The maximum Gasteiger partial charge on any atom is 0.125 e. The van der Waals surface area contributed by atoms with Crippen LogP contribution >= 0.6 is 11.6 Å². The zero-order valence-electron chi connectivity index (χ0n) is 13.3. The smallest absolute Gasteiger partial charge is 0.125 e. The van der Waals surface area contributed by atoms with Crippen LogP contribution in [-0.4, -0.2) is 12.1 Å². The summed E-state index contributed by atoms with van der Waals surface area (Å²) >= 11 is 6.44. The number of rotatable bonds is 4. The first-order valence-electron chi connectivity index (χ1n) is 7.70. The van der Waals surface area contributed by atoms with E-state index in [0.717, 1.165) is 47.7 Å². The van der Waals surface area contributed by atoms with Crippen LogP contribution in [-0.2, 0) is 0 Å². The number of halogens is 1. The van der Waals surface area contributed by atoms with Crippen molar-refractivity contribution in [3.8, 4) is 5.75 Å². The van der Waals surface area contributed by atoms with Gasteiger partial charge < -0.3 is 10.1 Å². The van der Waals surface area contributed by atoms with Gasteiger partial charge in [0.15, 0.2) is 0 Å². The van der Waals surface area contributed by atoms with Gasteiger partial charge in [-0.25, -0.2) is 0 Å². The highest BCUT2D eigenvalue weighted by molar-refractivity contribution is 6.32. The van der Waals surface area contributed by atoms with Crippen LogP contribution in [0.2, 0.25) is 5.02 Å². The van der Waals surface area contributed by atoms with Gasteiger partial charge in [-0.3, -0.25) is 0 Å². The van der Waals surface area contributed by atoms with E-state index in [0.29, 0.717) is 6.04 Å². The van der Waals surface area contributed by atoms with Crippen molar-refractivity contribution in [2.75, 3.05) is 6.54 Å². The summed E-state index contributed by atoms with van der Waals surface area (Å²) < 4.78 is 6.41. The molecule has 0 aliphatic carbocycles. The van der Waals surface area contributed by atoms with E-state index in [2.05, 4.69) is 46.0 Å². The molecule has 0 fully saturated rings. The average Bonchev–Trinajstić information content (AvgIpc) is 2.44. The normalized spacial score (nSPS) is 20.4. The van der Waals surface area contributed by atoms with Gasteiger partial charge in [-0.05, 0) is 50.4 Å². The highest BCUT2D eigenvalue weighted by atomic mass is 35.5. The van der Waals surface area contributed by atoms with E-state index in [1.54, 1.807) is 0 Å². The third kappa shape index (κ3) is 2.56. The van der Waals surface area contributed by atoms with Gasteiger partial charge in [0, 0.05) is 23.0 Å². The van der Waals surface area contributed by atoms with E-state index >= 15 is 0 Å². The van der Waals surface area contributed by atoms with Crippen molar-refractivity contribution in [3.63, 3.8) is 0 Å². The third-order valence-electron chi connectivity index (χ3n) is 4.68. The van der Waals surface area contributed by atoms with Crippen molar-refractivity contribution in [1.82, 2.24) is 5.32 Å². The SMILES string of the molecule is CCNC1CC(CC)(CC)Oc2cc(C)c(Cl)c(C)c21. The van der Waals surface area contributed by atoms with Crippen LogP contribution in [0.4, 0.5) is 0 Å². The molecule has 1 N–H and O–H groups in total. The number of fused-ring (bicyclic) bond motifs is 1. The summed E-state index contributed by atoms with van der Waals surface area (Å²) in [4.78, 5) is 0. The van der Waals surface area contributed by atoms with E-state index in [1.165, 1.54) is 5.56 Å². The van der Waals surface area contributed by atoms with Crippen LogP contribution in [0.15, 0.2) is 6.07 Å². The van der Waals surface area contributed by atoms with Crippen LogP contribution in [0.1, 0.15) is 62.8 Å². The Balaban J connectivity index is 2.55. The molecule has 1 aromatic rings. The van der Waals surface area contributed by atoms with Gasteiger partial charge in [-0.2, -0.15) is 0 Å². The van der Waals surface area contributed by atoms with Crippen LogP contribution in [0, 0.1) is 13.8 Å². The van der Waals surface area contributed by atoms with Crippen LogP contribution in [0.25, 0.3) is 0 Å². The molecule has 112 valence electrons. The van der Waals surface area contributed by atoms with E-state index in [4.69, 9.17) is 16.3 Å². The van der Waals surface area contributed by atoms with E-state index < -0.39 is 0 Å². The molecule has 1 atom stereocenters. The molecular weight excluding hydrogens is 270 g/mol. The first-order chi connectivity index (χ1) is 9.48. The molecular formula is C17H26ClNO. The summed E-state index contributed by atoms with van der Waals surface area (Å²) in [6, 6.07) is 2.44. The van der Waals surface area contributed by atoms with Gasteiger partial charge in [-0.1, -0.05) is 32.4 Å². The number of hydrogen-bond acceptors (Lipinski definition) is 2. The van der Waals surface area contributed by atoms with E-state index in [9.17, 15) is 0 Å². The summed E-state index contributed by atoms with van der Waals surface area (Å²) in [6.07, 6.45) is 3.08. The number of hydrogen-bond donors (Lipinski definition) is 1. The van der Waals surface area contributed by atoms with Crippen molar-refractivity contribution < 1.29 is 4.74 Å². The molecule has 0 saturated carbocycles. The van der Waals surface area contributed by atoms with Crippen molar-refractivity contribution >= 4 is 11.6 Å². The molecule has 0 bridgehead atoms. The molecule has 3 heteroatoms. The molecule has 1 aliphatic heterocycles. The molecule has 1 aromatic carbocycles. The quantitative estimate of drug-likeness (QED) is 0.848. The summed E-state index contributed by atoms with van der Waals surface area (Å²) in [7, 11) is 0. The Labute approximate surface area is 127 Å². The van der Waals surface area contributed by atoms with E-state index in [1.807, 2.05) is 0 Å². The summed E-state index contributed by atoms with van der Waals surface area (Å²) in [6.45, 7) is 11.7. The molecule has 1 aliphatic rings. The predicted octanol–water partition coefficient (Wildman–Crippen LogP) is 4.95. The zero-order valence-corrected chi connectivity index (χ0v) is 14.0. The largest absolute Gasteiger partial charge is 0.487 e. The highest BCUT2D eigenvalue weighted by Gasteiger charge is 2.39. The van der Waals surface area contributed by atoms with Gasteiger partial charge in [-0.15, -0.1) is 0 Å². The van der Waals surface area contributed by atoms with Gasteiger partial charge in [0.05, 0.1) is 0 Å². The molecule has 0 amide bonds. The Morgan fingerprint density at radius 2 is 1.95 bits per heavy atom. The Morgan fingerprint density at radius 3 is 2.50 bits per heavy atom. The molecule has 0 radical (unpaired) electrons. The Hall–Kier alpha value is -0.730. The minimum Gasteiger partial charge on any atom is -0.487 e. The predicted molar refractivity (Wildman–Crippen MR) is 85.9 cm³/mol. The number of ether oxygens (including phenoxy) is 1. The number of benzene rings is 1. The number of nitrogens with one attached hydrogen (secondary N) is 1. The minimum atomic E-state index is -0.0491. The summed E-state index contributed by atoms with van der Waals surface area (Å²) in [5.41, 5.74) is 3.46. The Kier molecular flexibility index (Phi) is 4.66. The maximum absolute atomic E-state index is 6.44. The van der Waals surface area contributed by atoms with Crippen molar-refractivity contribution in [2.24, 2.45) is 0 Å². The molecule has 2 rings (SSSR count). The van der Waals surface area contributed by atoms with Crippen molar-refractivity contribution in [2.45, 2.75) is 65.5 Å². The lowest BCUT2D eigenvalue weighted by Gasteiger charge is -2.42. The van der Waals surface area contributed by atoms with Gasteiger partial charge >= 0.3 is 0 Å². The Bertz CT molecular complexity index is 494. The second kappa shape index (κ2) is 5.95. The lowest BCUT2D eigenvalue weighted by Crippen LogP contribution is -2.43. The fourth-order valence-corrected chi connectivity index (χ4v) is 3.46. The fraction of sp³-hybridized carbons (Fsp3) is 0.647. The monoisotopic (exact) mass is 295 g/mol. The first kappa shape index (κ1) is 15.7. The second-order valence-corrected chi connectivity index (χ2v) is 6.23. The molecule has 2 nitrogen and oxygen atoms in total. The van der Waals surface area contributed by atoms with E-state index in [-0.39, 0.29) is 5.60 Å². The topological polar surface area (TPSA) is 21.3 Å². The summed E-state index contributed by atoms with van der Waals surface area (Å²) in [5.74, 6) is 1.02. The molecule has 1 unspecified atom stereocenters. The lowest BCUT2D eigenvalue weighted by molar-refractivity contribution is 0.0228. The van der Waals surface area contributed by atoms with Crippen molar-refractivity contribution in [1.29, 1.82) is 0 Å². The van der Waals surface area contributed by atoms with Gasteiger partial charge in [0.2, 0.25) is 0 Å². The average molecular weight is 296 g/mol. The lowest BCUT2D eigenvalue weighted by atomic mass is 9.81.